The van der Waals surface area contributed by atoms with Gasteiger partial charge in [-0.3, -0.25) is 0 Å². The van der Waals surface area contributed by atoms with Crippen molar-refractivity contribution in [2.24, 2.45) is 5.92 Å². The molecule has 1 aromatic rings. The van der Waals surface area contributed by atoms with Gasteiger partial charge in [-0.1, -0.05) is 19.1 Å². The molecular formula is C17H26FIO2Si. The van der Waals surface area contributed by atoms with E-state index in [0.29, 0.717) is 6.42 Å². The predicted octanol–water partition coefficient (Wildman–Crippen LogP) is 4.55. The Kier molecular flexibility index (Phi) is 6.45. The molecule has 1 aromatic carbocycles. The lowest BCUT2D eigenvalue weighted by atomic mass is 9.95. The Morgan fingerprint density at radius 3 is 2.36 bits per heavy atom. The quantitative estimate of drug-likeness (QED) is 0.403. The molecule has 124 valence electrons. The molecule has 4 atom stereocenters. The molecule has 0 aromatic heterocycles. The fourth-order valence-corrected chi connectivity index (χ4v) is 6.69. The topological polar surface area (TPSA) is 29.5 Å². The number of aryl methyl sites for hydroxylation is 1. The van der Waals surface area contributed by atoms with E-state index in [-0.39, 0.29) is 30.3 Å². The first-order chi connectivity index (χ1) is 10.3. The lowest BCUT2D eigenvalue weighted by Crippen LogP contribution is -2.36. The summed E-state index contributed by atoms with van der Waals surface area (Å²) >= 11 is 2.30. The third-order valence-corrected chi connectivity index (χ3v) is 7.94. The SMILES string of the molecule is C[C@H]1[C@H]([Si](C)(C)F)[C@@H](CCO)O[C@H]1CCc1ccc(I)cc1. The second-order valence-corrected chi connectivity index (χ2v) is 11.9. The average Bonchev–Trinajstić information content (AvgIpc) is 2.74. The highest BCUT2D eigenvalue weighted by atomic mass is 127. The molecule has 0 amide bonds. The number of hydrogen-bond donors (Lipinski definition) is 1. The summed E-state index contributed by atoms with van der Waals surface area (Å²) in [5.41, 5.74) is 1.29. The van der Waals surface area contributed by atoms with Crippen molar-refractivity contribution < 1.29 is 14.0 Å². The van der Waals surface area contributed by atoms with Crippen molar-refractivity contribution in [2.45, 2.75) is 57.0 Å². The zero-order chi connectivity index (χ0) is 16.3. The van der Waals surface area contributed by atoms with Gasteiger partial charge in [-0.15, -0.1) is 0 Å². The summed E-state index contributed by atoms with van der Waals surface area (Å²) in [7, 11) is -2.78. The lowest BCUT2D eigenvalue weighted by molar-refractivity contribution is 0.0193. The van der Waals surface area contributed by atoms with Crippen LogP contribution in [0.15, 0.2) is 24.3 Å². The largest absolute Gasteiger partial charge is 0.396 e. The Hall–Kier alpha value is 0.0169. The Bertz CT molecular complexity index is 475. The van der Waals surface area contributed by atoms with Crippen LogP contribution in [-0.2, 0) is 11.2 Å². The number of ether oxygens (including phenoxy) is 1. The summed E-state index contributed by atoms with van der Waals surface area (Å²) in [5, 5.41) is 9.23. The molecule has 1 N–H and O–H groups in total. The minimum atomic E-state index is -2.78. The number of aliphatic hydroxyl groups excluding tert-OH is 1. The van der Waals surface area contributed by atoms with Crippen LogP contribution in [-0.4, -0.2) is 32.3 Å². The van der Waals surface area contributed by atoms with E-state index in [1.165, 1.54) is 9.13 Å². The molecule has 0 unspecified atom stereocenters. The first-order valence-electron chi connectivity index (χ1n) is 8.02. The van der Waals surface area contributed by atoms with Crippen molar-refractivity contribution in [2.75, 3.05) is 6.61 Å². The summed E-state index contributed by atoms with van der Waals surface area (Å²) in [5.74, 6) is 0.229. The third kappa shape index (κ3) is 4.52. The molecule has 0 radical (unpaired) electrons. The first-order valence-corrected chi connectivity index (χ1v) is 12.1. The maximum absolute atomic E-state index is 14.7. The van der Waals surface area contributed by atoms with Gasteiger partial charge >= 0.3 is 0 Å². The van der Waals surface area contributed by atoms with Gasteiger partial charge in [0.2, 0.25) is 8.41 Å². The van der Waals surface area contributed by atoms with Gasteiger partial charge in [0.25, 0.3) is 0 Å². The average molecular weight is 436 g/mol. The number of rotatable bonds is 6. The zero-order valence-corrected chi connectivity index (χ0v) is 16.7. The van der Waals surface area contributed by atoms with Gasteiger partial charge in [0.15, 0.2) is 0 Å². The van der Waals surface area contributed by atoms with Crippen molar-refractivity contribution in [1.82, 2.24) is 0 Å². The molecule has 1 aliphatic heterocycles. The first kappa shape index (κ1) is 18.4. The Morgan fingerprint density at radius 2 is 1.82 bits per heavy atom. The van der Waals surface area contributed by atoms with Crippen LogP contribution < -0.4 is 0 Å². The number of halogens is 2. The highest BCUT2D eigenvalue weighted by Crippen LogP contribution is 2.46. The highest BCUT2D eigenvalue weighted by Gasteiger charge is 2.50. The summed E-state index contributed by atoms with van der Waals surface area (Å²) in [6, 6.07) is 8.53. The fraction of sp³-hybridized carbons (Fsp3) is 0.647. The molecule has 2 nitrogen and oxygen atoms in total. The molecule has 2 rings (SSSR count). The van der Waals surface area contributed by atoms with E-state index in [1.807, 2.05) is 0 Å². The van der Waals surface area contributed by atoms with E-state index in [2.05, 4.69) is 53.8 Å². The predicted molar refractivity (Wildman–Crippen MR) is 99.3 cm³/mol. The van der Waals surface area contributed by atoms with Gasteiger partial charge in [0.05, 0.1) is 12.2 Å². The van der Waals surface area contributed by atoms with Crippen LogP contribution in [0.3, 0.4) is 0 Å². The van der Waals surface area contributed by atoms with E-state index in [0.717, 1.165) is 12.8 Å². The van der Waals surface area contributed by atoms with E-state index >= 15 is 0 Å². The maximum Gasteiger partial charge on any atom is 0.246 e. The van der Waals surface area contributed by atoms with Gasteiger partial charge < -0.3 is 14.0 Å². The van der Waals surface area contributed by atoms with Crippen molar-refractivity contribution in [3.63, 3.8) is 0 Å². The summed E-state index contributed by atoms with van der Waals surface area (Å²) in [6.45, 7) is 5.73. The minimum Gasteiger partial charge on any atom is -0.396 e. The Labute approximate surface area is 147 Å². The Morgan fingerprint density at radius 1 is 1.18 bits per heavy atom. The Balaban J connectivity index is 2.00. The highest BCUT2D eigenvalue weighted by molar-refractivity contribution is 14.1. The molecule has 0 saturated carbocycles. The number of aliphatic hydroxyl groups is 1. The zero-order valence-electron chi connectivity index (χ0n) is 13.6. The molecule has 0 bridgehead atoms. The lowest BCUT2D eigenvalue weighted by Gasteiger charge is -2.28. The van der Waals surface area contributed by atoms with Gasteiger partial charge in [0, 0.05) is 15.7 Å². The van der Waals surface area contributed by atoms with Crippen molar-refractivity contribution in [3.8, 4) is 0 Å². The summed E-state index contributed by atoms with van der Waals surface area (Å²) < 4.78 is 22.0. The van der Waals surface area contributed by atoms with Gasteiger partial charge in [0.1, 0.15) is 0 Å². The summed E-state index contributed by atoms with van der Waals surface area (Å²) in [4.78, 5) is 0. The van der Waals surface area contributed by atoms with Crippen molar-refractivity contribution >= 4 is 31.0 Å². The van der Waals surface area contributed by atoms with Gasteiger partial charge in [-0.2, -0.15) is 0 Å². The van der Waals surface area contributed by atoms with Gasteiger partial charge in [-0.05, 0) is 78.6 Å². The van der Waals surface area contributed by atoms with Crippen LogP contribution in [0.4, 0.5) is 4.11 Å². The van der Waals surface area contributed by atoms with Crippen LogP contribution in [0.1, 0.15) is 25.3 Å². The molecule has 0 aliphatic carbocycles. The summed E-state index contributed by atoms with van der Waals surface area (Å²) in [6.07, 6.45) is 2.41. The molecule has 22 heavy (non-hydrogen) atoms. The van der Waals surface area contributed by atoms with E-state index in [1.54, 1.807) is 13.1 Å². The van der Waals surface area contributed by atoms with Gasteiger partial charge in [-0.25, -0.2) is 0 Å². The molecule has 1 heterocycles. The maximum atomic E-state index is 14.7. The molecule has 0 spiro atoms. The van der Waals surface area contributed by atoms with Crippen molar-refractivity contribution in [3.05, 3.63) is 33.4 Å². The molecule has 1 aliphatic rings. The van der Waals surface area contributed by atoms with Crippen LogP contribution >= 0.6 is 22.6 Å². The number of benzene rings is 1. The van der Waals surface area contributed by atoms with Crippen LogP contribution in [0.5, 0.6) is 0 Å². The standard InChI is InChI=1S/C17H26FIO2Si/c1-12-15(9-6-13-4-7-14(19)8-5-13)21-16(10-11-20)17(12)22(2,3)18/h4-5,7-8,12,15-17,20H,6,9-11H2,1-3H3/t12-,15+,16-,17+/m1/s1. The monoisotopic (exact) mass is 436 g/mol. The van der Waals surface area contributed by atoms with Crippen LogP contribution in [0.25, 0.3) is 0 Å². The van der Waals surface area contributed by atoms with Crippen LogP contribution in [0.2, 0.25) is 18.6 Å². The second-order valence-electron chi connectivity index (χ2n) is 6.84. The molecule has 1 fully saturated rings. The van der Waals surface area contributed by atoms with E-state index in [4.69, 9.17) is 4.74 Å². The normalized spacial score (nSPS) is 29.0. The van der Waals surface area contributed by atoms with E-state index < -0.39 is 8.41 Å². The fourth-order valence-electron chi connectivity index (χ4n) is 3.74. The number of hydrogen-bond acceptors (Lipinski definition) is 2. The smallest absolute Gasteiger partial charge is 0.246 e. The molecule has 5 heteroatoms. The molecular weight excluding hydrogens is 410 g/mol. The second kappa shape index (κ2) is 7.72. The third-order valence-electron chi connectivity index (χ3n) is 4.74. The van der Waals surface area contributed by atoms with Crippen molar-refractivity contribution in [1.29, 1.82) is 0 Å². The molecule has 1 saturated heterocycles. The minimum absolute atomic E-state index is 0.0126. The van der Waals surface area contributed by atoms with E-state index in [9.17, 15) is 9.21 Å². The van der Waals surface area contributed by atoms with Crippen LogP contribution in [0, 0.1) is 9.49 Å².